The Labute approximate surface area is 272 Å². The summed E-state index contributed by atoms with van der Waals surface area (Å²) < 4.78 is 11.6. The first-order chi connectivity index (χ1) is 21.3. The number of amides is 4. The number of carbonyl (C=O) groups excluding carboxylic acids is 4. The van der Waals surface area contributed by atoms with Crippen LogP contribution in [-0.4, -0.2) is 83.6 Å². The number of nitrogens with one attached hydrogen (secondary N) is 1. The van der Waals surface area contributed by atoms with E-state index < -0.39 is 35.7 Å². The Morgan fingerprint density at radius 1 is 1.11 bits per heavy atom. The molecule has 0 spiro atoms. The predicted molar refractivity (Wildman–Crippen MR) is 174 cm³/mol. The topological polar surface area (TPSA) is 157 Å². The second kappa shape index (κ2) is 17.0. The summed E-state index contributed by atoms with van der Waals surface area (Å²) in [6.45, 7) is 6.08. The molecule has 3 rings (SSSR count). The van der Waals surface area contributed by atoms with Crippen molar-refractivity contribution in [3.8, 4) is 5.75 Å². The predicted octanol–water partition coefficient (Wildman–Crippen LogP) is 4.31. The number of benzene rings is 1. The number of primary amides is 1. The molecule has 252 valence electrons. The van der Waals surface area contributed by atoms with E-state index in [0.717, 1.165) is 50.5 Å². The second-order valence-electron chi connectivity index (χ2n) is 13.2. The summed E-state index contributed by atoms with van der Waals surface area (Å²) in [5.41, 5.74) is 11.3. The van der Waals surface area contributed by atoms with Crippen molar-refractivity contribution in [2.24, 2.45) is 11.5 Å². The molecule has 4 amide bonds. The van der Waals surface area contributed by atoms with Crippen molar-refractivity contribution in [2.45, 2.75) is 128 Å². The summed E-state index contributed by atoms with van der Waals surface area (Å²) in [7, 11) is 1.58. The lowest BCUT2D eigenvalue weighted by molar-refractivity contribution is -0.145. The number of rotatable bonds is 14. The Morgan fingerprint density at radius 2 is 1.84 bits per heavy atom. The van der Waals surface area contributed by atoms with Gasteiger partial charge in [-0.25, -0.2) is 4.79 Å². The van der Waals surface area contributed by atoms with Crippen LogP contribution < -0.4 is 21.5 Å². The maximum absolute atomic E-state index is 14.0. The third-order valence-electron chi connectivity index (χ3n) is 8.48. The van der Waals surface area contributed by atoms with Crippen molar-refractivity contribution < 1.29 is 28.7 Å². The Bertz CT molecular complexity index is 1170. The molecule has 0 saturated carbocycles. The van der Waals surface area contributed by atoms with Crippen LogP contribution in [0.5, 0.6) is 5.75 Å². The van der Waals surface area contributed by atoms with Crippen molar-refractivity contribution in [1.82, 2.24) is 15.1 Å². The van der Waals surface area contributed by atoms with Crippen LogP contribution in [0.1, 0.15) is 97.0 Å². The molecular weight excluding hydrogens is 598 g/mol. The first-order valence-electron chi connectivity index (χ1n) is 16.3. The number of ether oxygens (including phenoxy) is 2. The molecule has 0 bridgehead atoms. The molecule has 4 atom stereocenters. The molecule has 5 N–H and O–H groups in total. The monoisotopic (exact) mass is 649 g/mol. The van der Waals surface area contributed by atoms with Gasteiger partial charge in [0.1, 0.15) is 30.0 Å². The maximum atomic E-state index is 14.0. The van der Waals surface area contributed by atoms with Crippen molar-refractivity contribution in [1.29, 1.82) is 0 Å². The van der Waals surface area contributed by atoms with Crippen LogP contribution in [0.3, 0.4) is 0 Å². The summed E-state index contributed by atoms with van der Waals surface area (Å²) in [6.07, 6.45) is 7.68. The zero-order valence-electron chi connectivity index (χ0n) is 27.3. The lowest BCUT2D eigenvalue weighted by Crippen LogP contribution is -2.58. The number of fused-ring (bicyclic) bond motifs is 1. The standard InChI is InChI=1S/C33H52ClN5O6/c1-33(2,3)45-32(43)38(4)26-14-8-7-13-24-17-18-25(39(24)31(26)42)30(41)37-23(16-19-28(36)40)21-44-27-15-10-12-22(29(27)34)11-6-5-9-20-35/h10,12,15,23-26H,5-9,11,13-14,16-21,35H2,1-4H3,(H2,36,40)(H,37,41)/t23-,24-,25-,26-/m0/s1. The smallest absolute Gasteiger partial charge is 0.410 e. The largest absolute Gasteiger partial charge is 0.490 e. The van der Waals surface area contributed by atoms with E-state index in [0.29, 0.717) is 36.6 Å². The van der Waals surface area contributed by atoms with E-state index in [-0.39, 0.29) is 37.3 Å². The molecule has 1 aromatic carbocycles. The lowest BCUT2D eigenvalue weighted by Gasteiger charge is -2.38. The first kappa shape index (κ1) is 36.4. The zero-order chi connectivity index (χ0) is 33.1. The van der Waals surface area contributed by atoms with Crippen molar-refractivity contribution in [3.63, 3.8) is 0 Å². The van der Waals surface area contributed by atoms with Gasteiger partial charge in [0.05, 0.1) is 11.1 Å². The van der Waals surface area contributed by atoms with E-state index in [1.165, 1.54) is 4.90 Å². The Morgan fingerprint density at radius 3 is 2.53 bits per heavy atom. The molecule has 12 heteroatoms. The highest BCUT2D eigenvalue weighted by Crippen LogP contribution is 2.33. The highest BCUT2D eigenvalue weighted by Gasteiger charge is 2.45. The molecule has 2 aliphatic rings. The fourth-order valence-electron chi connectivity index (χ4n) is 6.09. The highest BCUT2D eigenvalue weighted by molar-refractivity contribution is 6.32. The quantitative estimate of drug-likeness (QED) is 0.253. The average molecular weight is 650 g/mol. The van der Waals surface area contributed by atoms with Gasteiger partial charge < -0.3 is 31.2 Å². The second-order valence-corrected chi connectivity index (χ2v) is 13.6. The van der Waals surface area contributed by atoms with Crippen molar-refractivity contribution >= 4 is 35.4 Å². The summed E-state index contributed by atoms with van der Waals surface area (Å²) in [5.74, 6) is -0.549. The number of unbranched alkanes of at least 4 members (excludes halogenated alkanes) is 2. The molecule has 2 fully saturated rings. The minimum Gasteiger partial charge on any atom is -0.490 e. The van der Waals surface area contributed by atoms with Crippen molar-refractivity contribution in [2.75, 3.05) is 20.2 Å². The van der Waals surface area contributed by atoms with Gasteiger partial charge >= 0.3 is 6.09 Å². The third kappa shape index (κ3) is 10.8. The number of carbonyl (C=O) groups is 4. The van der Waals surface area contributed by atoms with Gasteiger partial charge in [-0.3, -0.25) is 19.3 Å². The maximum Gasteiger partial charge on any atom is 0.410 e. The van der Waals surface area contributed by atoms with Crippen LogP contribution in [0.2, 0.25) is 5.02 Å². The van der Waals surface area contributed by atoms with Crippen LogP contribution in [0.4, 0.5) is 4.79 Å². The minimum absolute atomic E-state index is 0.0575. The fourth-order valence-corrected chi connectivity index (χ4v) is 6.36. The van der Waals surface area contributed by atoms with Gasteiger partial charge in [-0.1, -0.05) is 43.0 Å². The van der Waals surface area contributed by atoms with E-state index in [9.17, 15) is 19.2 Å². The molecule has 0 aromatic heterocycles. The summed E-state index contributed by atoms with van der Waals surface area (Å²) >= 11 is 6.67. The number of likely N-dealkylation sites (N-methyl/N-ethyl adjacent to an activating group) is 1. The van der Waals surface area contributed by atoms with Crippen LogP contribution in [-0.2, 0) is 25.5 Å². The minimum atomic E-state index is -0.727. The van der Waals surface area contributed by atoms with E-state index in [1.807, 2.05) is 12.1 Å². The fraction of sp³-hybridized carbons (Fsp3) is 0.697. The molecule has 2 aliphatic heterocycles. The van der Waals surface area contributed by atoms with Gasteiger partial charge in [0.2, 0.25) is 17.7 Å². The van der Waals surface area contributed by atoms with Gasteiger partial charge in [0.25, 0.3) is 0 Å². The van der Waals surface area contributed by atoms with Gasteiger partial charge in [-0.15, -0.1) is 0 Å². The van der Waals surface area contributed by atoms with E-state index >= 15 is 0 Å². The van der Waals surface area contributed by atoms with E-state index in [1.54, 1.807) is 38.8 Å². The molecule has 2 heterocycles. The molecular formula is C33H52ClN5O6. The third-order valence-corrected chi connectivity index (χ3v) is 8.91. The molecule has 45 heavy (non-hydrogen) atoms. The van der Waals surface area contributed by atoms with Crippen LogP contribution in [0.15, 0.2) is 18.2 Å². The van der Waals surface area contributed by atoms with E-state index in [4.69, 9.17) is 32.5 Å². The van der Waals surface area contributed by atoms with Gasteiger partial charge in [0.15, 0.2) is 0 Å². The summed E-state index contributed by atoms with van der Waals surface area (Å²) in [5, 5.41) is 3.55. The van der Waals surface area contributed by atoms with Gasteiger partial charge in [-0.2, -0.15) is 0 Å². The lowest BCUT2D eigenvalue weighted by atomic mass is 9.98. The number of nitrogens with two attached hydrogens (primary N) is 2. The summed E-state index contributed by atoms with van der Waals surface area (Å²) in [4.78, 5) is 55.3. The number of hydrogen-bond acceptors (Lipinski definition) is 7. The van der Waals surface area contributed by atoms with Gasteiger partial charge in [-0.05, 0) is 90.3 Å². The summed E-state index contributed by atoms with van der Waals surface area (Å²) in [6, 6.07) is 3.57. The Kier molecular flexibility index (Phi) is 13.8. The number of aryl methyl sites for hydroxylation is 1. The van der Waals surface area contributed by atoms with Crippen LogP contribution >= 0.6 is 11.6 Å². The van der Waals surface area contributed by atoms with E-state index in [2.05, 4.69) is 5.32 Å². The molecule has 0 radical (unpaired) electrons. The molecule has 0 aliphatic carbocycles. The SMILES string of the molecule is CN(C(=O)OC(C)(C)C)[C@H]1CCCC[C@H]2CC[C@@H](C(=O)N[C@@H](CCC(N)=O)COc3cccc(CCCCCN)c3Cl)N2C1=O. The first-order valence-corrected chi connectivity index (χ1v) is 16.7. The van der Waals surface area contributed by atoms with Crippen LogP contribution in [0.25, 0.3) is 0 Å². The Balaban J connectivity index is 1.72. The number of hydrogen-bond donors (Lipinski definition) is 3. The average Bonchev–Trinajstić information content (AvgIpc) is 3.39. The zero-order valence-corrected chi connectivity index (χ0v) is 28.1. The number of nitrogens with zero attached hydrogens (tertiary/aromatic N) is 2. The highest BCUT2D eigenvalue weighted by atomic mass is 35.5. The number of halogens is 1. The normalized spacial score (nSPS) is 20.9. The van der Waals surface area contributed by atoms with Crippen LogP contribution in [0, 0.1) is 0 Å². The Hall–Kier alpha value is -3.05. The molecule has 11 nitrogen and oxygen atoms in total. The van der Waals surface area contributed by atoms with Gasteiger partial charge in [0, 0.05) is 19.5 Å². The molecule has 0 unspecified atom stereocenters. The van der Waals surface area contributed by atoms with Crippen molar-refractivity contribution in [3.05, 3.63) is 28.8 Å². The molecule has 1 aromatic rings. The molecule has 2 saturated heterocycles.